The van der Waals surface area contributed by atoms with Gasteiger partial charge in [-0.1, -0.05) is 54.0 Å². The van der Waals surface area contributed by atoms with Crippen LogP contribution in [0.4, 0.5) is 0 Å². The topological polar surface area (TPSA) is 56.1 Å². The van der Waals surface area contributed by atoms with Crippen LogP contribution in [0.5, 0.6) is 5.75 Å². The molecule has 4 aromatic rings. The zero-order valence-electron chi connectivity index (χ0n) is 18.9. The zero-order valence-corrected chi connectivity index (χ0v) is 20.5. The van der Waals surface area contributed by atoms with Gasteiger partial charge < -0.3 is 14.6 Å². The van der Waals surface area contributed by atoms with Gasteiger partial charge in [0.25, 0.3) is 5.91 Å². The molecule has 5 nitrogen and oxygen atoms in total. The highest BCUT2D eigenvalue weighted by Gasteiger charge is 2.12. The molecule has 0 aliphatic carbocycles. The summed E-state index contributed by atoms with van der Waals surface area (Å²) < 4.78 is 9.14. The van der Waals surface area contributed by atoms with E-state index in [2.05, 4.69) is 57.9 Å². The van der Waals surface area contributed by atoms with E-state index in [1.165, 1.54) is 5.56 Å². The first-order valence-electron chi connectivity index (χ1n) is 11.2. The Labute approximate surface area is 202 Å². The predicted octanol–water partition coefficient (Wildman–Crippen LogP) is 5.97. The van der Waals surface area contributed by atoms with Gasteiger partial charge in [-0.25, -0.2) is 4.98 Å². The molecule has 0 spiro atoms. The van der Waals surface area contributed by atoms with Crippen molar-refractivity contribution in [1.29, 1.82) is 0 Å². The fraction of sp³-hybridized carbons (Fsp3) is 0.259. The van der Waals surface area contributed by atoms with Crippen LogP contribution in [0.25, 0.3) is 11.0 Å². The fourth-order valence-corrected chi connectivity index (χ4v) is 4.02. The summed E-state index contributed by atoms with van der Waals surface area (Å²) >= 11 is 3.39. The van der Waals surface area contributed by atoms with Gasteiger partial charge in [0.1, 0.15) is 18.2 Å². The van der Waals surface area contributed by atoms with E-state index in [0.717, 1.165) is 27.1 Å². The van der Waals surface area contributed by atoms with Crippen molar-refractivity contribution >= 4 is 32.9 Å². The molecule has 1 aromatic heterocycles. The van der Waals surface area contributed by atoms with Gasteiger partial charge >= 0.3 is 0 Å². The maximum absolute atomic E-state index is 12.4. The molecule has 0 aliphatic heterocycles. The number of amides is 1. The van der Waals surface area contributed by atoms with E-state index < -0.39 is 0 Å². The number of hydrogen-bond donors (Lipinski definition) is 1. The second-order valence-electron chi connectivity index (χ2n) is 8.25. The first-order chi connectivity index (χ1) is 16.0. The minimum absolute atomic E-state index is 0.0849. The van der Waals surface area contributed by atoms with Crippen molar-refractivity contribution in [3.8, 4) is 5.75 Å². The van der Waals surface area contributed by atoms with Crippen molar-refractivity contribution < 1.29 is 9.53 Å². The van der Waals surface area contributed by atoms with Crippen LogP contribution in [0.15, 0.2) is 77.3 Å². The molecule has 0 unspecified atom stereocenters. The van der Waals surface area contributed by atoms with E-state index in [1.807, 2.05) is 42.5 Å². The molecule has 4 rings (SSSR count). The van der Waals surface area contributed by atoms with Gasteiger partial charge in [0, 0.05) is 23.0 Å². The van der Waals surface area contributed by atoms with Gasteiger partial charge in [0.05, 0.1) is 17.6 Å². The van der Waals surface area contributed by atoms with Gasteiger partial charge in [-0.15, -0.1) is 0 Å². The van der Waals surface area contributed by atoms with Gasteiger partial charge in [0.2, 0.25) is 0 Å². The molecule has 1 amide bonds. The molecule has 0 aliphatic rings. The molecule has 0 saturated carbocycles. The van der Waals surface area contributed by atoms with Crippen molar-refractivity contribution in [3.63, 3.8) is 0 Å². The largest absolute Gasteiger partial charge is 0.492 e. The molecule has 0 saturated heterocycles. The third kappa shape index (κ3) is 5.82. The third-order valence-electron chi connectivity index (χ3n) is 5.60. The van der Waals surface area contributed by atoms with E-state index >= 15 is 0 Å². The molecule has 170 valence electrons. The van der Waals surface area contributed by atoms with Crippen LogP contribution in [0, 0.1) is 0 Å². The van der Waals surface area contributed by atoms with E-state index in [-0.39, 0.29) is 5.91 Å². The highest BCUT2D eigenvalue weighted by molar-refractivity contribution is 9.10. The quantitative estimate of drug-likeness (QED) is 0.304. The Kier molecular flexibility index (Phi) is 7.45. The summed E-state index contributed by atoms with van der Waals surface area (Å²) in [6.45, 7) is 6.10. The number of ether oxygens (including phenoxy) is 1. The van der Waals surface area contributed by atoms with Crippen molar-refractivity contribution in [2.24, 2.45) is 0 Å². The lowest BCUT2D eigenvalue weighted by molar-refractivity contribution is 0.0954. The molecular weight excluding hydrogens is 478 g/mol. The zero-order chi connectivity index (χ0) is 23.2. The van der Waals surface area contributed by atoms with Crippen LogP contribution in [0.2, 0.25) is 0 Å². The van der Waals surface area contributed by atoms with Crippen LogP contribution in [0.1, 0.15) is 41.5 Å². The first-order valence-corrected chi connectivity index (χ1v) is 12.0. The molecule has 3 aromatic carbocycles. The number of rotatable bonds is 9. The number of imidazole rings is 1. The van der Waals surface area contributed by atoms with Crippen LogP contribution < -0.4 is 10.1 Å². The molecule has 6 heteroatoms. The predicted molar refractivity (Wildman–Crippen MR) is 136 cm³/mol. The molecule has 1 heterocycles. The van der Waals surface area contributed by atoms with E-state index in [1.54, 1.807) is 12.1 Å². The molecular formula is C27H28BrN3O2. The number of aromatic nitrogens is 2. The summed E-state index contributed by atoms with van der Waals surface area (Å²) in [6, 6.07) is 23.7. The lowest BCUT2D eigenvalue weighted by Crippen LogP contribution is -2.26. The number of halogens is 1. The van der Waals surface area contributed by atoms with E-state index in [4.69, 9.17) is 9.72 Å². The lowest BCUT2D eigenvalue weighted by Gasteiger charge is -2.12. The van der Waals surface area contributed by atoms with Crippen molar-refractivity contribution in [1.82, 2.24) is 14.9 Å². The van der Waals surface area contributed by atoms with Crippen LogP contribution in [-0.2, 0) is 13.0 Å². The van der Waals surface area contributed by atoms with Gasteiger partial charge in [-0.05, 0) is 60.0 Å². The first kappa shape index (κ1) is 23.1. The van der Waals surface area contributed by atoms with E-state index in [9.17, 15) is 4.79 Å². The smallest absolute Gasteiger partial charge is 0.251 e. The fourth-order valence-electron chi connectivity index (χ4n) is 3.76. The molecule has 0 atom stereocenters. The standard InChI is InChI=1S/C27H28BrN3O2/c1-19(2)20-9-13-23(14-10-20)33-18-17-31-25-6-4-3-5-24(25)30-26(31)15-16-29-27(32)21-7-11-22(28)12-8-21/h3-14,19H,15-18H2,1-2H3,(H,29,32). The Morgan fingerprint density at radius 3 is 2.48 bits per heavy atom. The Bertz CT molecular complexity index is 1210. The number of hydrogen-bond acceptors (Lipinski definition) is 3. The Morgan fingerprint density at radius 2 is 1.76 bits per heavy atom. The number of fused-ring (bicyclic) bond motifs is 1. The normalized spacial score (nSPS) is 11.2. The van der Waals surface area contributed by atoms with Crippen LogP contribution >= 0.6 is 15.9 Å². The van der Waals surface area contributed by atoms with Gasteiger partial charge in [0.15, 0.2) is 0 Å². The van der Waals surface area contributed by atoms with Crippen LogP contribution in [-0.4, -0.2) is 28.6 Å². The molecule has 0 radical (unpaired) electrons. The van der Waals surface area contributed by atoms with Crippen molar-refractivity contribution in [2.45, 2.75) is 32.7 Å². The van der Waals surface area contributed by atoms with Crippen LogP contribution in [0.3, 0.4) is 0 Å². The minimum atomic E-state index is -0.0849. The Hall–Kier alpha value is -3.12. The van der Waals surface area contributed by atoms with Crippen molar-refractivity contribution in [2.75, 3.05) is 13.2 Å². The van der Waals surface area contributed by atoms with Gasteiger partial charge in [-0.3, -0.25) is 4.79 Å². The summed E-state index contributed by atoms with van der Waals surface area (Å²) in [5, 5.41) is 3.00. The molecule has 33 heavy (non-hydrogen) atoms. The minimum Gasteiger partial charge on any atom is -0.492 e. The number of nitrogens with one attached hydrogen (secondary N) is 1. The van der Waals surface area contributed by atoms with Gasteiger partial charge in [-0.2, -0.15) is 0 Å². The van der Waals surface area contributed by atoms with E-state index in [0.29, 0.717) is 37.6 Å². The average molecular weight is 506 g/mol. The average Bonchev–Trinajstić information content (AvgIpc) is 3.17. The second kappa shape index (κ2) is 10.7. The highest BCUT2D eigenvalue weighted by atomic mass is 79.9. The monoisotopic (exact) mass is 505 g/mol. The Balaban J connectivity index is 1.39. The van der Waals surface area contributed by atoms with Crippen molar-refractivity contribution in [3.05, 3.63) is 94.2 Å². The number of nitrogens with zero attached hydrogens (tertiary/aromatic N) is 2. The highest BCUT2D eigenvalue weighted by Crippen LogP contribution is 2.20. The summed E-state index contributed by atoms with van der Waals surface area (Å²) in [7, 11) is 0. The molecule has 1 N–H and O–H groups in total. The summed E-state index contributed by atoms with van der Waals surface area (Å²) in [5.74, 6) is 2.22. The maximum atomic E-state index is 12.4. The summed E-state index contributed by atoms with van der Waals surface area (Å²) in [5.41, 5.74) is 3.97. The SMILES string of the molecule is CC(C)c1ccc(OCCn2c(CCNC(=O)c3ccc(Br)cc3)nc3ccccc32)cc1. The third-order valence-corrected chi connectivity index (χ3v) is 6.13. The maximum Gasteiger partial charge on any atom is 0.251 e. The number of carbonyl (C=O) groups excluding carboxylic acids is 1. The summed E-state index contributed by atoms with van der Waals surface area (Å²) in [4.78, 5) is 17.2. The second-order valence-corrected chi connectivity index (χ2v) is 9.17. The number of benzene rings is 3. The number of para-hydroxylation sites is 2. The summed E-state index contributed by atoms with van der Waals surface area (Å²) in [6.07, 6.45) is 0.639. The Morgan fingerprint density at radius 1 is 1.03 bits per heavy atom. The number of carbonyl (C=O) groups is 1. The molecule has 0 fully saturated rings. The lowest BCUT2D eigenvalue weighted by atomic mass is 10.0. The molecule has 0 bridgehead atoms.